The summed E-state index contributed by atoms with van der Waals surface area (Å²) in [6.07, 6.45) is 0. The van der Waals surface area contributed by atoms with Gasteiger partial charge in [0.25, 0.3) is 0 Å². The zero-order chi connectivity index (χ0) is 15.5. The summed E-state index contributed by atoms with van der Waals surface area (Å²) in [4.78, 5) is 0. The van der Waals surface area contributed by atoms with Crippen molar-refractivity contribution in [2.45, 2.75) is 32.7 Å². The Morgan fingerprint density at radius 1 is 1.10 bits per heavy atom. The minimum absolute atomic E-state index is 0.118. The first-order valence-electron chi connectivity index (χ1n) is 7.11. The molecule has 1 N–H and O–H groups in total. The molecular formula is C18H22BrNO. The zero-order valence-electron chi connectivity index (χ0n) is 13.0. The van der Waals surface area contributed by atoms with Crippen LogP contribution in [-0.2, 0) is 12.0 Å². The van der Waals surface area contributed by atoms with E-state index in [9.17, 15) is 0 Å². The Labute approximate surface area is 135 Å². The van der Waals surface area contributed by atoms with E-state index in [4.69, 9.17) is 4.74 Å². The number of hydrogen-bond acceptors (Lipinski definition) is 2. The highest BCUT2D eigenvalue weighted by molar-refractivity contribution is 9.10. The van der Waals surface area contributed by atoms with Crippen LogP contribution in [0.25, 0.3) is 0 Å². The van der Waals surface area contributed by atoms with Gasteiger partial charge in [0.15, 0.2) is 0 Å². The molecule has 0 aliphatic rings. The molecule has 0 fully saturated rings. The van der Waals surface area contributed by atoms with Crippen molar-refractivity contribution in [3.63, 3.8) is 0 Å². The third-order valence-electron chi connectivity index (χ3n) is 3.31. The largest absolute Gasteiger partial charge is 0.456 e. The van der Waals surface area contributed by atoms with Crippen LogP contribution in [0.3, 0.4) is 0 Å². The van der Waals surface area contributed by atoms with E-state index in [1.807, 2.05) is 25.2 Å². The maximum atomic E-state index is 6.01. The van der Waals surface area contributed by atoms with Crippen LogP contribution < -0.4 is 10.1 Å². The summed E-state index contributed by atoms with van der Waals surface area (Å²) in [5.74, 6) is 1.70. The van der Waals surface area contributed by atoms with Gasteiger partial charge < -0.3 is 10.1 Å². The number of rotatable bonds is 4. The molecule has 0 saturated heterocycles. The number of hydrogen-bond donors (Lipinski definition) is 1. The first kappa shape index (κ1) is 16.1. The third kappa shape index (κ3) is 4.32. The van der Waals surface area contributed by atoms with Gasteiger partial charge in [0.05, 0.1) is 4.47 Å². The fourth-order valence-electron chi connectivity index (χ4n) is 2.09. The van der Waals surface area contributed by atoms with Crippen molar-refractivity contribution in [1.82, 2.24) is 5.32 Å². The molecule has 0 heterocycles. The van der Waals surface area contributed by atoms with Gasteiger partial charge in [-0.2, -0.15) is 0 Å². The summed E-state index contributed by atoms with van der Waals surface area (Å²) in [7, 11) is 1.94. The Bertz CT molecular complexity index is 617. The van der Waals surface area contributed by atoms with Crippen LogP contribution in [0.15, 0.2) is 46.9 Å². The van der Waals surface area contributed by atoms with E-state index in [0.717, 1.165) is 22.5 Å². The number of halogens is 1. The normalized spacial score (nSPS) is 11.5. The highest BCUT2D eigenvalue weighted by atomic mass is 79.9. The van der Waals surface area contributed by atoms with Crippen LogP contribution >= 0.6 is 15.9 Å². The summed E-state index contributed by atoms with van der Waals surface area (Å²) < 4.78 is 6.98. The summed E-state index contributed by atoms with van der Waals surface area (Å²) in [6, 6.07) is 14.4. The van der Waals surface area contributed by atoms with Crippen molar-refractivity contribution in [3.8, 4) is 11.5 Å². The molecule has 0 saturated carbocycles. The second-order valence-corrected chi connectivity index (χ2v) is 7.03. The SMILES string of the molecule is CNCc1ccc(Oc2cccc(C(C)(C)C)c2)c(Br)c1. The molecule has 0 bridgehead atoms. The van der Waals surface area contributed by atoms with Gasteiger partial charge in [0.2, 0.25) is 0 Å². The summed E-state index contributed by atoms with van der Waals surface area (Å²) in [5.41, 5.74) is 2.61. The summed E-state index contributed by atoms with van der Waals surface area (Å²) in [6.45, 7) is 7.45. The van der Waals surface area contributed by atoms with E-state index in [-0.39, 0.29) is 5.41 Å². The average Bonchev–Trinajstić information content (AvgIpc) is 2.42. The summed E-state index contributed by atoms with van der Waals surface area (Å²) in [5, 5.41) is 3.14. The lowest BCUT2D eigenvalue weighted by molar-refractivity contribution is 0.475. The number of nitrogens with one attached hydrogen (secondary N) is 1. The topological polar surface area (TPSA) is 21.3 Å². The first-order valence-corrected chi connectivity index (χ1v) is 7.91. The smallest absolute Gasteiger partial charge is 0.141 e. The predicted octanol–water partition coefficient (Wildman–Crippen LogP) is 5.26. The molecule has 3 heteroatoms. The molecule has 2 rings (SSSR count). The molecule has 0 radical (unpaired) electrons. The molecule has 0 unspecified atom stereocenters. The van der Waals surface area contributed by atoms with Crippen LogP contribution in [0.4, 0.5) is 0 Å². The summed E-state index contributed by atoms with van der Waals surface area (Å²) >= 11 is 3.58. The lowest BCUT2D eigenvalue weighted by Gasteiger charge is -2.20. The second kappa shape index (κ2) is 6.63. The van der Waals surface area contributed by atoms with E-state index in [2.05, 4.69) is 66.3 Å². The van der Waals surface area contributed by atoms with E-state index < -0.39 is 0 Å². The van der Waals surface area contributed by atoms with Gasteiger partial charge in [-0.25, -0.2) is 0 Å². The fraction of sp³-hybridized carbons (Fsp3) is 0.333. The number of ether oxygens (including phenoxy) is 1. The highest BCUT2D eigenvalue weighted by Gasteiger charge is 2.14. The molecule has 0 spiro atoms. The first-order chi connectivity index (χ1) is 9.90. The van der Waals surface area contributed by atoms with Gasteiger partial charge in [0.1, 0.15) is 11.5 Å². The van der Waals surface area contributed by atoms with Gasteiger partial charge >= 0.3 is 0 Å². The van der Waals surface area contributed by atoms with Crippen molar-refractivity contribution in [2.24, 2.45) is 0 Å². The lowest BCUT2D eigenvalue weighted by atomic mass is 9.87. The van der Waals surface area contributed by atoms with E-state index in [1.54, 1.807) is 0 Å². The molecule has 112 valence electrons. The maximum Gasteiger partial charge on any atom is 0.141 e. The molecule has 2 aromatic rings. The standard InChI is InChI=1S/C18H22BrNO/c1-18(2,3)14-6-5-7-15(11-14)21-17-9-8-13(12-20-4)10-16(17)19/h5-11,20H,12H2,1-4H3. The van der Waals surface area contributed by atoms with Gasteiger partial charge in [-0.15, -0.1) is 0 Å². The zero-order valence-corrected chi connectivity index (χ0v) is 14.6. The Kier molecular flexibility index (Phi) is 5.07. The van der Waals surface area contributed by atoms with Crippen molar-refractivity contribution in [1.29, 1.82) is 0 Å². The van der Waals surface area contributed by atoms with Crippen LogP contribution in [0.5, 0.6) is 11.5 Å². The predicted molar refractivity (Wildman–Crippen MR) is 92.1 cm³/mol. The molecular weight excluding hydrogens is 326 g/mol. The van der Waals surface area contributed by atoms with Gasteiger partial charge in [-0.3, -0.25) is 0 Å². The van der Waals surface area contributed by atoms with Crippen LogP contribution in [0.1, 0.15) is 31.9 Å². The molecule has 0 aromatic heterocycles. The van der Waals surface area contributed by atoms with Gasteiger partial charge in [0, 0.05) is 6.54 Å². The highest BCUT2D eigenvalue weighted by Crippen LogP contribution is 2.32. The van der Waals surface area contributed by atoms with Crippen molar-refractivity contribution in [2.75, 3.05) is 7.05 Å². The lowest BCUT2D eigenvalue weighted by Crippen LogP contribution is -2.10. The molecule has 2 nitrogen and oxygen atoms in total. The van der Waals surface area contributed by atoms with E-state index in [0.29, 0.717) is 0 Å². The minimum atomic E-state index is 0.118. The van der Waals surface area contributed by atoms with Gasteiger partial charge in [-0.05, 0) is 63.8 Å². The molecule has 0 atom stereocenters. The fourth-order valence-corrected chi connectivity index (χ4v) is 2.60. The molecule has 0 aliphatic heterocycles. The molecule has 21 heavy (non-hydrogen) atoms. The van der Waals surface area contributed by atoms with Crippen LogP contribution in [-0.4, -0.2) is 7.05 Å². The van der Waals surface area contributed by atoms with Crippen molar-refractivity contribution in [3.05, 3.63) is 58.1 Å². The maximum absolute atomic E-state index is 6.01. The minimum Gasteiger partial charge on any atom is -0.456 e. The molecule has 2 aromatic carbocycles. The quantitative estimate of drug-likeness (QED) is 0.814. The van der Waals surface area contributed by atoms with Crippen LogP contribution in [0, 0.1) is 0 Å². The van der Waals surface area contributed by atoms with Crippen molar-refractivity contribution < 1.29 is 4.74 Å². The Hall–Kier alpha value is -1.32. The Morgan fingerprint density at radius 3 is 2.48 bits per heavy atom. The van der Waals surface area contributed by atoms with E-state index >= 15 is 0 Å². The Balaban J connectivity index is 2.22. The van der Waals surface area contributed by atoms with Gasteiger partial charge in [-0.1, -0.05) is 39.0 Å². The average molecular weight is 348 g/mol. The monoisotopic (exact) mass is 347 g/mol. The second-order valence-electron chi connectivity index (χ2n) is 6.17. The molecule has 0 amide bonds. The third-order valence-corrected chi connectivity index (χ3v) is 3.92. The number of benzene rings is 2. The Morgan fingerprint density at radius 2 is 1.86 bits per heavy atom. The molecule has 0 aliphatic carbocycles. The van der Waals surface area contributed by atoms with Crippen molar-refractivity contribution >= 4 is 15.9 Å². The van der Waals surface area contributed by atoms with Crippen LogP contribution in [0.2, 0.25) is 0 Å². The van der Waals surface area contributed by atoms with E-state index in [1.165, 1.54) is 11.1 Å².